The van der Waals surface area contributed by atoms with Gasteiger partial charge in [-0.3, -0.25) is 4.79 Å². The molecule has 0 heterocycles. The molecule has 0 radical (unpaired) electrons. The zero-order valence-corrected chi connectivity index (χ0v) is 13.5. The normalized spacial score (nSPS) is 14.7. The van der Waals surface area contributed by atoms with E-state index in [1.165, 1.54) is 18.2 Å². The minimum atomic E-state index is -2.03. The second-order valence-corrected chi connectivity index (χ2v) is 5.64. The highest BCUT2D eigenvalue weighted by Gasteiger charge is 2.38. The zero-order valence-electron chi connectivity index (χ0n) is 12.7. The summed E-state index contributed by atoms with van der Waals surface area (Å²) in [5.41, 5.74) is 3.89. The van der Waals surface area contributed by atoms with Gasteiger partial charge in [0.15, 0.2) is 5.60 Å². The number of carbonyl (C=O) groups is 1. The van der Waals surface area contributed by atoms with E-state index in [4.69, 9.17) is 27.2 Å². The Morgan fingerprint density at radius 3 is 2.42 bits per heavy atom. The van der Waals surface area contributed by atoms with E-state index in [0.29, 0.717) is 5.56 Å². The van der Waals surface area contributed by atoms with Gasteiger partial charge in [-0.2, -0.15) is 0 Å². The number of hydrogen-bond donors (Lipinski definition) is 4. The van der Waals surface area contributed by atoms with Gasteiger partial charge in [-0.05, 0) is 23.3 Å². The van der Waals surface area contributed by atoms with Crippen LogP contribution in [-0.2, 0) is 10.4 Å². The van der Waals surface area contributed by atoms with Gasteiger partial charge in [-0.25, -0.2) is 0 Å². The van der Waals surface area contributed by atoms with Crippen molar-refractivity contribution in [2.45, 2.75) is 11.7 Å². The number of aliphatic hydroxyl groups is 3. The van der Waals surface area contributed by atoms with Gasteiger partial charge >= 0.3 is 0 Å². The topological polar surface area (TPSA) is 113 Å². The summed E-state index contributed by atoms with van der Waals surface area (Å²) in [5, 5.41) is 29.1. The molecule has 0 aromatic heterocycles. The highest BCUT2D eigenvalue weighted by atomic mass is 35.5. The van der Waals surface area contributed by atoms with Crippen LogP contribution in [0.1, 0.15) is 11.1 Å². The number of benzene rings is 2. The van der Waals surface area contributed by atoms with E-state index in [0.717, 1.165) is 0 Å². The molecule has 1 unspecified atom stereocenters. The number of ether oxygens (including phenoxy) is 1. The van der Waals surface area contributed by atoms with Gasteiger partial charge in [-0.15, -0.1) is 0 Å². The Morgan fingerprint density at radius 2 is 1.88 bits per heavy atom. The van der Waals surface area contributed by atoms with Crippen molar-refractivity contribution >= 4 is 17.5 Å². The van der Waals surface area contributed by atoms with Crippen LogP contribution in [0.2, 0.25) is 5.02 Å². The Morgan fingerprint density at radius 1 is 1.21 bits per heavy atom. The molecule has 0 spiro atoms. The summed E-state index contributed by atoms with van der Waals surface area (Å²) in [4.78, 5) is 11.9. The van der Waals surface area contributed by atoms with Gasteiger partial charge in [0.25, 0.3) is 5.91 Å². The molecule has 0 aliphatic heterocycles. The molecule has 0 aliphatic rings. The Bertz CT molecular complexity index is 709. The van der Waals surface area contributed by atoms with Gasteiger partial charge in [0.1, 0.15) is 18.5 Å². The van der Waals surface area contributed by atoms with Crippen LogP contribution in [0.5, 0.6) is 5.75 Å². The first-order valence-electron chi connectivity index (χ1n) is 7.19. The molecule has 0 aliphatic carbocycles. The van der Waals surface area contributed by atoms with Crippen molar-refractivity contribution in [2.75, 3.05) is 13.2 Å². The molecule has 0 saturated heterocycles. The molecule has 0 saturated carbocycles. The maximum atomic E-state index is 11.9. The van der Waals surface area contributed by atoms with Crippen LogP contribution in [0, 0.1) is 0 Å². The minimum Gasteiger partial charge on any atom is -0.489 e. The van der Waals surface area contributed by atoms with E-state index < -0.39 is 24.2 Å². The fourth-order valence-electron chi connectivity index (χ4n) is 2.21. The van der Waals surface area contributed by atoms with Gasteiger partial charge < -0.3 is 25.8 Å². The average Bonchev–Trinajstić information content (AvgIpc) is 2.60. The Hall–Kier alpha value is -2.12. The summed E-state index contributed by atoms with van der Waals surface area (Å²) in [7, 11) is 0. The highest BCUT2D eigenvalue weighted by Crippen LogP contribution is 2.34. The summed E-state index contributed by atoms with van der Waals surface area (Å²) in [6.07, 6.45) is -1.03. The molecule has 128 valence electrons. The molecule has 1 amide bonds. The summed E-state index contributed by atoms with van der Waals surface area (Å²) in [6, 6.07) is 12.6. The smallest absolute Gasteiger partial charge is 0.258 e. The van der Waals surface area contributed by atoms with Gasteiger partial charge in [0.2, 0.25) is 0 Å². The van der Waals surface area contributed by atoms with Crippen LogP contribution in [0.4, 0.5) is 0 Å². The summed E-state index contributed by atoms with van der Waals surface area (Å²) in [5.74, 6) is -0.693. The SMILES string of the molecule is NC(=O)C(O)(c1ccccc1)c1ccc(OC[C@@H](O)CO)c(Cl)c1. The van der Waals surface area contributed by atoms with Crippen molar-refractivity contribution in [3.63, 3.8) is 0 Å². The van der Waals surface area contributed by atoms with Gasteiger partial charge in [0.05, 0.1) is 11.6 Å². The van der Waals surface area contributed by atoms with E-state index in [-0.39, 0.29) is 22.9 Å². The maximum absolute atomic E-state index is 11.9. The number of primary amides is 1. The van der Waals surface area contributed by atoms with Crippen molar-refractivity contribution in [3.8, 4) is 5.75 Å². The Labute approximate surface area is 144 Å². The number of aliphatic hydroxyl groups excluding tert-OH is 2. The predicted molar refractivity (Wildman–Crippen MR) is 88.7 cm³/mol. The molecule has 6 nitrogen and oxygen atoms in total. The fraction of sp³-hybridized carbons (Fsp3) is 0.235. The molecule has 2 rings (SSSR count). The van der Waals surface area contributed by atoms with Crippen molar-refractivity contribution in [3.05, 3.63) is 64.7 Å². The first-order chi connectivity index (χ1) is 11.4. The molecular weight excluding hydrogens is 334 g/mol. The first kappa shape index (κ1) is 18.2. The molecule has 5 N–H and O–H groups in total. The second-order valence-electron chi connectivity index (χ2n) is 5.23. The van der Waals surface area contributed by atoms with Crippen LogP contribution >= 0.6 is 11.6 Å². The fourth-order valence-corrected chi connectivity index (χ4v) is 2.45. The van der Waals surface area contributed by atoms with Gasteiger partial charge in [0, 0.05) is 0 Å². The number of halogens is 1. The van der Waals surface area contributed by atoms with Crippen molar-refractivity contribution < 1.29 is 24.9 Å². The lowest BCUT2D eigenvalue weighted by atomic mass is 9.85. The summed E-state index contributed by atoms with van der Waals surface area (Å²) >= 11 is 6.12. The highest BCUT2D eigenvalue weighted by molar-refractivity contribution is 6.32. The van der Waals surface area contributed by atoms with Crippen LogP contribution in [0.15, 0.2) is 48.5 Å². The summed E-state index contributed by atoms with van der Waals surface area (Å²) < 4.78 is 5.28. The van der Waals surface area contributed by atoms with E-state index in [9.17, 15) is 15.0 Å². The number of amides is 1. The number of rotatable bonds is 7. The van der Waals surface area contributed by atoms with Crippen LogP contribution < -0.4 is 10.5 Å². The van der Waals surface area contributed by atoms with Crippen molar-refractivity contribution in [2.24, 2.45) is 5.73 Å². The molecule has 2 aromatic carbocycles. The minimum absolute atomic E-state index is 0.133. The number of nitrogens with two attached hydrogens (primary N) is 1. The summed E-state index contributed by atoms with van der Waals surface area (Å²) in [6.45, 7) is -0.584. The third-order valence-corrected chi connectivity index (χ3v) is 3.84. The molecule has 2 atom stereocenters. The molecule has 0 fully saturated rings. The van der Waals surface area contributed by atoms with Crippen LogP contribution in [-0.4, -0.2) is 40.5 Å². The maximum Gasteiger partial charge on any atom is 0.258 e. The largest absolute Gasteiger partial charge is 0.489 e. The van der Waals surface area contributed by atoms with E-state index >= 15 is 0 Å². The first-order valence-corrected chi connectivity index (χ1v) is 7.57. The lowest BCUT2D eigenvalue weighted by Gasteiger charge is -2.26. The van der Waals surface area contributed by atoms with E-state index in [2.05, 4.69) is 0 Å². The molecule has 2 aromatic rings. The van der Waals surface area contributed by atoms with E-state index in [1.54, 1.807) is 30.3 Å². The lowest BCUT2D eigenvalue weighted by molar-refractivity contribution is -0.133. The quantitative estimate of drug-likeness (QED) is 0.589. The van der Waals surface area contributed by atoms with Crippen molar-refractivity contribution in [1.82, 2.24) is 0 Å². The zero-order chi connectivity index (χ0) is 17.7. The molecule has 7 heteroatoms. The molecule has 24 heavy (non-hydrogen) atoms. The van der Waals surface area contributed by atoms with Crippen LogP contribution in [0.3, 0.4) is 0 Å². The standard InChI is InChI=1S/C17H18ClNO5/c18-14-8-12(6-7-15(14)24-10-13(21)9-20)17(23,16(19)22)11-4-2-1-3-5-11/h1-8,13,20-21,23H,9-10H2,(H2,19,22)/t13-,17?/m0/s1. The third-order valence-electron chi connectivity index (χ3n) is 3.54. The monoisotopic (exact) mass is 351 g/mol. The Balaban J connectivity index is 2.36. The average molecular weight is 352 g/mol. The van der Waals surface area contributed by atoms with Gasteiger partial charge in [-0.1, -0.05) is 48.0 Å². The second kappa shape index (κ2) is 7.63. The number of hydrogen-bond acceptors (Lipinski definition) is 5. The van der Waals surface area contributed by atoms with Crippen LogP contribution in [0.25, 0.3) is 0 Å². The lowest BCUT2D eigenvalue weighted by Crippen LogP contribution is -2.42. The number of carbonyl (C=O) groups excluding carboxylic acids is 1. The third kappa shape index (κ3) is 3.68. The predicted octanol–water partition coefficient (Wildman–Crippen LogP) is 0.793. The van der Waals surface area contributed by atoms with Crippen molar-refractivity contribution in [1.29, 1.82) is 0 Å². The molecular formula is C17H18ClNO5. The van der Waals surface area contributed by atoms with E-state index in [1.807, 2.05) is 0 Å². The Kier molecular flexibility index (Phi) is 5.80. The molecule has 0 bridgehead atoms.